The summed E-state index contributed by atoms with van der Waals surface area (Å²) in [5.41, 5.74) is 5.39. The first kappa shape index (κ1) is 22.2. The number of thiazole rings is 1. The molecule has 0 aliphatic carbocycles. The summed E-state index contributed by atoms with van der Waals surface area (Å²) in [6.45, 7) is 1.47. The van der Waals surface area contributed by atoms with Gasteiger partial charge in [0.2, 0.25) is 11.8 Å². The number of amides is 3. The Labute approximate surface area is 193 Å². The summed E-state index contributed by atoms with van der Waals surface area (Å²) >= 11 is 1.54. The van der Waals surface area contributed by atoms with Crippen LogP contribution in [0, 0.1) is 6.92 Å². The number of benzene rings is 2. The molecule has 2 aromatic carbocycles. The average molecular weight is 465 g/mol. The van der Waals surface area contributed by atoms with Gasteiger partial charge in [0.05, 0.1) is 22.0 Å². The van der Waals surface area contributed by atoms with Gasteiger partial charge in [0, 0.05) is 29.5 Å². The zero-order chi connectivity index (χ0) is 23.4. The van der Waals surface area contributed by atoms with Crippen molar-refractivity contribution >= 4 is 46.4 Å². The van der Waals surface area contributed by atoms with Crippen LogP contribution in [0.15, 0.2) is 53.9 Å². The molecule has 168 valence electrons. The third-order valence-electron chi connectivity index (χ3n) is 4.81. The van der Waals surface area contributed by atoms with Crippen LogP contribution in [0.5, 0.6) is 0 Å². The molecule has 10 heteroatoms. The van der Waals surface area contributed by atoms with Gasteiger partial charge in [-0.15, -0.1) is 11.3 Å². The van der Waals surface area contributed by atoms with Crippen LogP contribution in [0.2, 0.25) is 0 Å². The number of aryl methyl sites for hydroxylation is 1. The van der Waals surface area contributed by atoms with Gasteiger partial charge in [-0.2, -0.15) is 0 Å². The number of nitrogens with one attached hydrogen (secondary N) is 2. The Kier molecular flexibility index (Phi) is 6.45. The number of hydrogen-bond donors (Lipinski definition) is 2. The first-order valence-electron chi connectivity index (χ1n) is 10.1. The van der Waals surface area contributed by atoms with Gasteiger partial charge in [-0.05, 0) is 43.3 Å². The Morgan fingerprint density at radius 3 is 2.67 bits per heavy atom. The predicted octanol–water partition coefficient (Wildman–Crippen LogP) is 3.07. The maximum Gasteiger partial charge on any atom is 0.338 e. The first-order valence-corrected chi connectivity index (χ1v) is 11.0. The minimum Gasteiger partial charge on any atom is -0.452 e. The lowest BCUT2D eigenvalue weighted by Crippen LogP contribution is -2.50. The summed E-state index contributed by atoms with van der Waals surface area (Å²) in [6, 6.07) is 13.2. The van der Waals surface area contributed by atoms with Crippen molar-refractivity contribution in [3.63, 3.8) is 0 Å². The van der Waals surface area contributed by atoms with Gasteiger partial charge in [-0.25, -0.2) is 14.8 Å². The molecule has 3 amide bonds. The Morgan fingerprint density at radius 2 is 1.94 bits per heavy atom. The number of carbonyl (C=O) groups is 4. The third kappa shape index (κ3) is 5.42. The van der Waals surface area contributed by atoms with Crippen LogP contribution >= 0.6 is 11.3 Å². The summed E-state index contributed by atoms with van der Waals surface area (Å²) in [5, 5.41) is 6.74. The fourth-order valence-corrected chi connectivity index (χ4v) is 3.82. The molecule has 1 aromatic heterocycles. The fraction of sp³-hybridized carbons (Fsp3) is 0.174. The number of ether oxygens (including phenoxy) is 1. The van der Waals surface area contributed by atoms with Gasteiger partial charge in [-0.3, -0.25) is 19.8 Å². The maximum absolute atomic E-state index is 12.3. The van der Waals surface area contributed by atoms with Crippen LogP contribution in [0.1, 0.15) is 28.2 Å². The largest absolute Gasteiger partial charge is 0.452 e. The van der Waals surface area contributed by atoms with E-state index >= 15 is 0 Å². The molecule has 1 saturated heterocycles. The highest BCUT2D eigenvalue weighted by Crippen LogP contribution is 2.24. The van der Waals surface area contributed by atoms with E-state index in [1.807, 2.05) is 24.4 Å². The van der Waals surface area contributed by atoms with Crippen molar-refractivity contribution in [2.75, 3.05) is 16.9 Å². The van der Waals surface area contributed by atoms with E-state index in [-0.39, 0.29) is 30.2 Å². The van der Waals surface area contributed by atoms with Gasteiger partial charge in [0.1, 0.15) is 0 Å². The minimum absolute atomic E-state index is 0.122. The average Bonchev–Trinajstić information content (AvgIpc) is 3.26. The molecule has 0 spiro atoms. The topological polar surface area (TPSA) is 118 Å². The number of nitrogens with zero attached hydrogens (tertiary/aromatic N) is 2. The smallest absolute Gasteiger partial charge is 0.338 e. The van der Waals surface area contributed by atoms with Gasteiger partial charge in [0.15, 0.2) is 6.61 Å². The quantitative estimate of drug-likeness (QED) is 0.542. The fourth-order valence-electron chi connectivity index (χ4n) is 3.19. The molecule has 0 bridgehead atoms. The van der Waals surface area contributed by atoms with Crippen LogP contribution in [0.4, 0.5) is 11.4 Å². The van der Waals surface area contributed by atoms with E-state index in [2.05, 4.69) is 15.7 Å². The lowest BCUT2D eigenvalue weighted by atomic mass is 10.1. The van der Waals surface area contributed by atoms with Crippen molar-refractivity contribution in [3.05, 3.63) is 64.5 Å². The zero-order valence-electron chi connectivity index (χ0n) is 17.7. The van der Waals surface area contributed by atoms with Crippen LogP contribution in [-0.2, 0) is 19.1 Å². The molecule has 9 nitrogen and oxygen atoms in total. The number of hydrogen-bond acceptors (Lipinski definition) is 7. The van der Waals surface area contributed by atoms with Crippen molar-refractivity contribution in [1.29, 1.82) is 0 Å². The van der Waals surface area contributed by atoms with Crippen molar-refractivity contribution < 1.29 is 23.9 Å². The Hall–Kier alpha value is -4.05. The second-order valence-electron chi connectivity index (χ2n) is 7.27. The second-order valence-corrected chi connectivity index (χ2v) is 8.33. The van der Waals surface area contributed by atoms with E-state index in [4.69, 9.17) is 4.74 Å². The Morgan fingerprint density at radius 1 is 1.15 bits per heavy atom. The monoisotopic (exact) mass is 464 g/mol. The van der Waals surface area contributed by atoms with Crippen molar-refractivity contribution in [1.82, 2.24) is 10.4 Å². The highest BCUT2D eigenvalue weighted by Gasteiger charge is 2.24. The van der Waals surface area contributed by atoms with Crippen molar-refractivity contribution in [3.8, 4) is 11.3 Å². The predicted molar refractivity (Wildman–Crippen MR) is 123 cm³/mol. The lowest BCUT2D eigenvalue weighted by Gasteiger charge is -2.27. The molecule has 2 N–H and O–H groups in total. The van der Waals surface area contributed by atoms with Crippen LogP contribution in [0.25, 0.3) is 11.3 Å². The molecule has 0 atom stereocenters. The summed E-state index contributed by atoms with van der Waals surface area (Å²) in [4.78, 5) is 52.4. The number of rotatable bonds is 6. The summed E-state index contributed by atoms with van der Waals surface area (Å²) < 4.78 is 5.09. The van der Waals surface area contributed by atoms with Gasteiger partial charge in [-0.1, -0.05) is 12.1 Å². The van der Waals surface area contributed by atoms with E-state index in [1.54, 1.807) is 23.5 Å². The molecule has 4 rings (SSSR count). The van der Waals surface area contributed by atoms with Gasteiger partial charge in [0.25, 0.3) is 5.91 Å². The molecular weight excluding hydrogens is 444 g/mol. The van der Waals surface area contributed by atoms with Crippen LogP contribution in [0.3, 0.4) is 0 Å². The van der Waals surface area contributed by atoms with Crippen molar-refractivity contribution in [2.45, 2.75) is 19.8 Å². The molecule has 0 radical (unpaired) electrons. The molecule has 0 unspecified atom stereocenters. The number of carbonyl (C=O) groups excluding carboxylic acids is 4. The van der Waals surface area contributed by atoms with E-state index in [0.29, 0.717) is 11.4 Å². The van der Waals surface area contributed by atoms with E-state index in [0.717, 1.165) is 21.3 Å². The second kappa shape index (κ2) is 9.61. The summed E-state index contributed by atoms with van der Waals surface area (Å²) in [5.74, 6) is -1.66. The molecule has 1 aliphatic heterocycles. The van der Waals surface area contributed by atoms with Crippen LogP contribution < -0.4 is 15.8 Å². The maximum atomic E-state index is 12.3. The lowest BCUT2D eigenvalue weighted by molar-refractivity contribution is -0.130. The highest BCUT2D eigenvalue weighted by molar-refractivity contribution is 7.09. The van der Waals surface area contributed by atoms with Crippen molar-refractivity contribution in [2.24, 2.45) is 0 Å². The Balaban J connectivity index is 1.32. The molecule has 1 aliphatic rings. The molecule has 0 saturated carbocycles. The summed E-state index contributed by atoms with van der Waals surface area (Å²) in [6.07, 6.45) is 0.272. The van der Waals surface area contributed by atoms with E-state index < -0.39 is 18.5 Å². The zero-order valence-corrected chi connectivity index (χ0v) is 18.5. The highest BCUT2D eigenvalue weighted by atomic mass is 32.1. The van der Waals surface area contributed by atoms with Gasteiger partial charge >= 0.3 is 5.97 Å². The molecule has 3 aromatic rings. The minimum atomic E-state index is -0.683. The SMILES string of the molecule is Cc1nc(-c2cccc(NC(=O)COC(=O)c3ccc(N4NC(=O)CCC4=O)cc3)c2)cs1. The number of esters is 1. The number of hydrazine groups is 1. The Bertz CT molecular complexity index is 1220. The third-order valence-corrected chi connectivity index (χ3v) is 5.58. The molecular formula is C23H20N4O5S. The van der Waals surface area contributed by atoms with Crippen LogP contribution in [-0.4, -0.2) is 35.3 Å². The van der Waals surface area contributed by atoms with E-state index in [1.165, 1.54) is 24.3 Å². The van der Waals surface area contributed by atoms with Gasteiger partial charge < -0.3 is 10.1 Å². The molecule has 2 heterocycles. The number of anilines is 2. The summed E-state index contributed by atoms with van der Waals surface area (Å²) in [7, 11) is 0. The molecule has 33 heavy (non-hydrogen) atoms. The number of aromatic nitrogens is 1. The van der Waals surface area contributed by atoms with E-state index in [9.17, 15) is 19.2 Å². The standard InChI is InChI=1S/C23H20N4O5S/c1-14-24-19(13-33-14)16-3-2-4-17(11-16)25-21(29)12-32-23(31)15-5-7-18(8-6-15)27-22(30)10-9-20(28)26-27/h2-8,11,13H,9-10,12H2,1H3,(H,25,29)(H,26,28). The first-order chi connectivity index (χ1) is 15.9. The normalized spacial score (nSPS) is 13.4. The molecule has 1 fully saturated rings.